The van der Waals surface area contributed by atoms with Gasteiger partial charge in [0, 0.05) is 12.1 Å². The van der Waals surface area contributed by atoms with Gasteiger partial charge in [0.2, 0.25) is 5.95 Å². The number of fused-ring (bicyclic) bond motifs is 1. The number of hydrogen-bond acceptors (Lipinski definition) is 5. The van der Waals surface area contributed by atoms with Gasteiger partial charge in [-0.15, -0.1) is 0 Å². The second-order valence-corrected chi connectivity index (χ2v) is 7.17. The second kappa shape index (κ2) is 9.25. The van der Waals surface area contributed by atoms with E-state index in [2.05, 4.69) is 20.0 Å². The minimum Gasteiger partial charge on any atom is -0.457 e. The molecule has 0 spiro atoms. The number of para-hydroxylation sites is 1. The van der Waals surface area contributed by atoms with Crippen LogP contribution in [0.15, 0.2) is 66.7 Å². The Hall–Kier alpha value is -4.74. The van der Waals surface area contributed by atoms with E-state index in [-0.39, 0.29) is 17.4 Å². The third-order valence-corrected chi connectivity index (χ3v) is 4.84. The van der Waals surface area contributed by atoms with Gasteiger partial charge in [-0.3, -0.25) is 10.2 Å². The average Bonchev–Trinajstić information content (AvgIpc) is 3.20. The number of imidazole rings is 1. The molecular formula is C23H18F3N5O4. The standard InChI is InChI=1S/C23H18F3N5O4/c1-34-22(33)30-21-28-17-10-9-15(12-18(17)29-21)35-14-6-4-5-13(11-14)31(20(27)32)19-8-3-2-7-16(19)23(24,25)26/h2-12H,1H3,(H2,27,32)(H2,28,29,30,33). The molecule has 0 unspecified atom stereocenters. The molecule has 180 valence electrons. The van der Waals surface area contributed by atoms with Gasteiger partial charge in [0.25, 0.3) is 0 Å². The van der Waals surface area contributed by atoms with Crippen LogP contribution in [0, 0.1) is 0 Å². The predicted octanol–water partition coefficient (Wildman–Crippen LogP) is 5.77. The number of primary amides is 1. The number of hydrogen-bond donors (Lipinski definition) is 3. The lowest BCUT2D eigenvalue weighted by atomic mass is 10.1. The number of rotatable bonds is 5. The molecule has 4 aromatic rings. The molecule has 4 N–H and O–H groups in total. The highest BCUT2D eigenvalue weighted by Crippen LogP contribution is 2.40. The summed E-state index contributed by atoms with van der Waals surface area (Å²) in [5.41, 5.74) is 5.21. The predicted molar refractivity (Wildman–Crippen MR) is 122 cm³/mol. The van der Waals surface area contributed by atoms with Crippen molar-refractivity contribution in [1.82, 2.24) is 9.97 Å². The van der Waals surface area contributed by atoms with Gasteiger partial charge < -0.3 is 20.2 Å². The number of nitrogens with zero attached hydrogens (tertiary/aromatic N) is 2. The summed E-state index contributed by atoms with van der Waals surface area (Å²) in [5.74, 6) is 0.778. The maximum absolute atomic E-state index is 13.5. The van der Waals surface area contributed by atoms with E-state index >= 15 is 0 Å². The number of nitrogens with one attached hydrogen (secondary N) is 2. The van der Waals surface area contributed by atoms with Gasteiger partial charge in [0.15, 0.2) is 0 Å². The molecule has 0 saturated carbocycles. The van der Waals surface area contributed by atoms with E-state index in [9.17, 15) is 22.8 Å². The number of benzene rings is 3. The number of nitrogens with two attached hydrogens (primary N) is 1. The van der Waals surface area contributed by atoms with Crippen molar-refractivity contribution >= 4 is 40.5 Å². The van der Waals surface area contributed by atoms with Crippen molar-refractivity contribution in [2.75, 3.05) is 17.3 Å². The molecule has 12 heteroatoms. The van der Waals surface area contributed by atoms with E-state index in [1.165, 1.54) is 37.4 Å². The Morgan fingerprint density at radius 1 is 1.03 bits per heavy atom. The highest BCUT2D eigenvalue weighted by Gasteiger charge is 2.36. The topological polar surface area (TPSA) is 123 Å². The van der Waals surface area contributed by atoms with Crippen molar-refractivity contribution in [3.8, 4) is 11.5 Å². The fraction of sp³-hybridized carbons (Fsp3) is 0.0870. The van der Waals surface area contributed by atoms with Crippen LogP contribution in [-0.4, -0.2) is 29.2 Å². The number of amides is 3. The Kier molecular flexibility index (Phi) is 6.19. The highest BCUT2D eigenvalue weighted by molar-refractivity contribution is 5.99. The Morgan fingerprint density at radius 3 is 2.49 bits per heavy atom. The number of H-pyrrole nitrogens is 1. The van der Waals surface area contributed by atoms with Gasteiger partial charge in [-0.1, -0.05) is 18.2 Å². The first kappa shape index (κ1) is 23.4. The summed E-state index contributed by atoms with van der Waals surface area (Å²) in [6, 6.07) is 14.3. The maximum atomic E-state index is 13.5. The van der Waals surface area contributed by atoms with Crippen LogP contribution in [-0.2, 0) is 10.9 Å². The zero-order chi connectivity index (χ0) is 25.2. The van der Waals surface area contributed by atoms with Crippen molar-refractivity contribution in [2.45, 2.75) is 6.18 Å². The Bertz CT molecular complexity index is 1400. The summed E-state index contributed by atoms with van der Waals surface area (Å²) in [5, 5.41) is 2.41. The third kappa shape index (κ3) is 5.11. The molecule has 4 rings (SSSR count). The highest BCUT2D eigenvalue weighted by atomic mass is 19.4. The van der Waals surface area contributed by atoms with E-state index in [1.807, 2.05) is 0 Å². The first-order valence-corrected chi connectivity index (χ1v) is 10.0. The number of carbonyl (C=O) groups excluding carboxylic acids is 2. The third-order valence-electron chi connectivity index (χ3n) is 4.84. The largest absolute Gasteiger partial charge is 0.457 e. The molecule has 0 radical (unpaired) electrons. The van der Waals surface area contributed by atoms with Crippen LogP contribution in [0.5, 0.6) is 11.5 Å². The quantitative estimate of drug-likeness (QED) is 0.331. The van der Waals surface area contributed by atoms with E-state index in [4.69, 9.17) is 10.5 Å². The molecule has 35 heavy (non-hydrogen) atoms. The molecule has 9 nitrogen and oxygen atoms in total. The van der Waals surface area contributed by atoms with Crippen molar-refractivity contribution in [2.24, 2.45) is 5.73 Å². The van der Waals surface area contributed by atoms with Gasteiger partial charge >= 0.3 is 18.3 Å². The molecule has 1 heterocycles. The number of aromatic amines is 1. The lowest BCUT2D eigenvalue weighted by Crippen LogP contribution is -2.33. The number of anilines is 3. The second-order valence-electron chi connectivity index (χ2n) is 7.17. The number of alkyl halides is 3. The molecule has 0 bridgehead atoms. The minimum absolute atomic E-state index is 0.0823. The fourth-order valence-corrected chi connectivity index (χ4v) is 3.37. The van der Waals surface area contributed by atoms with E-state index in [0.29, 0.717) is 16.8 Å². The molecule has 0 aliphatic rings. The monoisotopic (exact) mass is 485 g/mol. The lowest BCUT2D eigenvalue weighted by molar-refractivity contribution is -0.137. The number of carbonyl (C=O) groups is 2. The van der Waals surface area contributed by atoms with Gasteiger partial charge in [0.05, 0.1) is 35.1 Å². The van der Waals surface area contributed by atoms with Gasteiger partial charge in [0.1, 0.15) is 11.5 Å². The summed E-state index contributed by atoms with van der Waals surface area (Å²) in [7, 11) is 1.22. The van der Waals surface area contributed by atoms with Crippen LogP contribution in [0.25, 0.3) is 11.0 Å². The summed E-state index contributed by atoms with van der Waals surface area (Å²) in [6.07, 6.45) is -5.39. The molecule has 1 aromatic heterocycles. The SMILES string of the molecule is COC(=O)Nc1nc2ccc(Oc3cccc(N(C(N)=O)c4ccccc4C(F)(F)F)c3)cc2[nH]1. The van der Waals surface area contributed by atoms with Gasteiger partial charge in [-0.2, -0.15) is 13.2 Å². The van der Waals surface area contributed by atoms with Crippen LogP contribution in [0.1, 0.15) is 5.56 Å². The van der Waals surface area contributed by atoms with Crippen LogP contribution >= 0.6 is 0 Å². The van der Waals surface area contributed by atoms with E-state index < -0.39 is 29.6 Å². The van der Waals surface area contributed by atoms with Gasteiger partial charge in [-0.25, -0.2) is 14.6 Å². The minimum atomic E-state index is -4.69. The maximum Gasteiger partial charge on any atom is 0.418 e. The molecule has 0 aliphatic carbocycles. The molecule has 0 aliphatic heterocycles. The first-order chi connectivity index (χ1) is 16.7. The van der Waals surface area contributed by atoms with Gasteiger partial charge in [-0.05, 0) is 36.4 Å². The summed E-state index contributed by atoms with van der Waals surface area (Å²) >= 11 is 0. The van der Waals surface area contributed by atoms with Crippen LogP contribution in [0.3, 0.4) is 0 Å². The zero-order valence-corrected chi connectivity index (χ0v) is 18.1. The van der Waals surface area contributed by atoms with Crippen LogP contribution in [0.4, 0.5) is 40.1 Å². The Balaban J connectivity index is 1.64. The Morgan fingerprint density at radius 2 is 1.77 bits per heavy atom. The Labute approximate surface area is 196 Å². The molecule has 0 atom stereocenters. The molecule has 0 fully saturated rings. The molecule has 0 saturated heterocycles. The van der Waals surface area contributed by atoms with E-state index in [0.717, 1.165) is 17.0 Å². The number of halogens is 3. The van der Waals surface area contributed by atoms with E-state index in [1.54, 1.807) is 24.3 Å². The normalized spacial score (nSPS) is 11.2. The van der Waals surface area contributed by atoms with Crippen molar-refractivity contribution in [3.05, 3.63) is 72.3 Å². The summed E-state index contributed by atoms with van der Waals surface area (Å²) in [4.78, 5) is 31.4. The smallest absolute Gasteiger partial charge is 0.418 e. The molecule has 3 aromatic carbocycles. The molecule has 3 amide bonds. The fourth-order valence-electron chi connectivity index (χ4n) is 3.37. The number of ether oxygens (including phenoxy) is 2. The van der Waals surface area contributed by atoms with Crippen LogP contribution in [0.2, 0.25) is 0 Å². The summed E-state index contributed by atoms with van der Waals surface area (Å²) in [6.45, 7) is 0. The lowest BCUT2D eigenvalue weighted by Gasteiger charge is -2.24. The number of methoxy groups -OCH3 is 1. The number of urea groups is 1. The number of aromatic nitrogens is 2. The van der Waals surface area contributed by atoms with Crippen molar-refractivity contribution in [1.29, 1.82) is 0 Å². The molecular weight excluding hydrogens is 467 g/mol. The zero-order valence-electron chi connectivity index (χ0n) is 18.1. The average molecular weight is 485 g/mol. The first-order valence-electron chi connectivity index (χ1n) is 10.0. The summed E-state index contributed by atoms with van der Waals surface area (Å²) < 4.78 is 51.0. The van der Waals surface area contributed by atoms with Crippen molar-refractivity contribution in [3.63, 3.8) is 0 Å². The van der Waals surface area contributed by atoms with Crippen molar-refractivity contribution < 1.29 is 32.2 Å². The van der Waals surface area contributed by atoms with Crippen LogP contribution < -0.4 is 20.7 Å².